The average molecular weight is 129 g/mol. The van der Waals surface area contributed by atoms with Crippen LogP contribution in [0.1, 0.15) is 19.8 Å². The summed E-state index contributed by atoms with van der Waals surface area (Å²) in [5.74, 6) is 0.916. The SMILES string of the molecule is C[C@H](CO)NCC1CC1. The van der Waals surface area contributed by atoms with Crippen molar-refractivity contribution in [1.82, 2.24) is 5.32 Å². The lowest BCUT2D eigenvalue weighted by Crippen LogP contribution is -2.30. The van der Waals surface area contributed by atoms with Gasteiger partial charge in [0, 0.05) is 6.04 Å². The van der Waals surface area contributed by atoms with Gasteiger partial charge in [0.2, 0.25) is 0 Å². The van der Waals surface area contributed by atoms with Gasteiger partial charge in [-0.1, -0.05) is 0 Å². The maximum Gasteiger partial charge on any atom is 0.0581 e. The van der Waals surface area contributed by atoms with Crippen molar-refractivity contribution >= 4 is 0 Å². The first-order valence-corrected chi connectivity index (χ1v) is 3.67. The van der Waals surface area contributed by atoms with Crippen molar-refractivity contribution in [3.63, 3.8) is 0 Å². The molecule has 0 radical (unpaired) electrons. The highest BCUT2D eigenvalue weighted by molar-refractivity contribution is 4.76. The summed E-state index contributed by atoms with van der Waals surface area (Å²) in [5.41, 5.74) is 0. The molecule has 1 rings (SSSR count). The average Bonchev–Trinajstić information content (AvgIpc) is 2.65. The van der Waals surface area contributed by atoms with Crippen LogP contribution in [0, 0.1) is 5.92 Å². The Morgan fingerprint density at radius 3 is 2.78 bits per heavy atom. The Balaban J connectivity index is 1.90. The first kappa shape index (κ1) is 7.03. The van der Waals surface area contributed by atoms with Crippen LogP contribution >= 0.6 is 0 Å². The highest BCUT2D eigenvalue weighted by Crippen LogP contribution is 2.27. The van der Waals surface area contributed by atoms with E-state index in [1.54, 1.807) is 0 Å². The van der Waals surface area contributed by atoms with E-state index in [-0.39, 0.29) is 12.6 Å². The van der Waals surface area contributed by atoms with Gasteiger partial charge in [-0.05, 0) is 32.2 Å². The molecule has 0 aromatic heterocycles. The van der Waals surface area contributed by atoms with Crippen molar-refractivity contribution in [2.24, 2.45) is 5.92 Å². The van der Waals surface area contributed by atoms with Crippen molar-refractivity contribution < 1.29 is 5.11 Å². The van der Waals surface area contributed by atoms with Crippen LogP contribution in [-0.2, 0) is 0 Å². The Morgan fingerprint density at radius 1 is 1.67 bits per heavy atom. The molecule has 0 unspecified atom stereocenters. The molecule has 54 valence electrons. The van der Waals surface area contributed by atoms with Crippen LogP contribution in [0.25, 0.3) is 0 Å². The Morgan fingerprint density at radius 2 is 2.33 bits per heavy atom. The second-order valence-corrected chi connectivity index (χ2v) is 2.94. The molecule has 0 aliphatic heterocycles. The smallest absolute Gasteiger partial charge is 0.0581 e. The lowest BCUT2D eigenvalue weighted by atomic mass is 10.3. The summed E-state index contributed by atoms with van der Waals surface area (Å²) in [6.07, 6.45) is 2.76. The Labute approximate surface area is 56.3 Å². The van der Waals surface area contributed by atoms with Crippen molar-refractivity contribution in [3.05, 3.63) is 0 Å². The van der Waals surface area contributed by atoms with E-state index in [0.29, 0.717) is 0 Å². The molecular formula is C7H15NO. The van der Waals surface area contributed by atoms with Crippen LogP contribution in [0.5, 0.6) is 0 Å². The van der Waals surface area contributed by atoms with E-state index in [1.165, 1.54) is 12.8 Å². The summed E-state index contributed by atoms with van der Waals surface area (Å²) in [4.78, 5) is 0. The molecule has 1 fully saturated rings. The third kappa shape index (κ3) is 2.82. The molecule has 2 N–H and O–H groups in total. The Bertz CT molecular complexity index is 81.0. The number of hydrogen-bond donors (Lipinski definition) is 2. The van der Waals surface area contributed by atoms with Crippen LogP contribution in [0.4, 0.5) is 0 Å². The predicted octanol–water partition coefficient (Wildman–Crippen LogP) is 0.367. The molecule has 2 heteroatoms. The van der Waals surface area contributed by atoms with Gasteiger partial charge in [-0.25, -0.2) is 0 Å². The molecule has 0 amide bonds. The van der Waals surface area contributed by atoms with Crippen molar-refractivity contribution in [3.8, 4) is 0 Å². The van der Waals surface area contributed by atoms with Gasteiger partial charge in [-0.3, -0.25) is 0 Å². The van der Waals surface area contributed by atoms with E-state index in [4.69, 9.17) is 5.11 Å². The van der Waals surface area contributed by atoms with E-state index in [9.17, 15) is 0 Å². The van der Waals surface area contributed by atoms with Crippen LogP contribution < -0.4 is 5.32 Å². The van der Waals surface area contributed by atoms with Crippen LogP contribution in [0.15, 0.2) is 0 Å². The third-order valence-electron chi connectivity index (χ3n) is 1.73. The zero-order valence-electron chi connectivity index (χ0n) is 5.93. The van der Waals surface area contributed by atoms with E-state index in [1.807, 2.05) is 6.92 Å². The molecule has 0 heterocycles. The zero-order valence-corrected chi connectivity index (χ0v) is 5.93. The normalized spacial score (nSPS) is 22.0. The topological polar surface area (TPSA) is 32.3 Å². The number of hydrogen-bond acceptors (Lipinski definition) is 2. The van der Waals surface area contributed by atoms with Gasteiger partial charge in [0.05, 0.1) is 6.61 Å². The molecule has 1 aliphatic rings. The second-order valence-electron chi connectivity index (χ2n) is 2.94. The van der Waals surface area contributed by atoms with Gasteiger partial charge in [0.25, 0.3) is 0 Å². The molecular weight excluding hydrogens is 114 g/mol. The molecule has 1 saturated carbocycles. The van der Waals surface area contributed by atoms with Crippen molar-refractivity contribution in [2.45, 2.75) is 25.8 Å². The van der Waals surface area contributed by atoms with Gasteiger partial charge in [-0.15, -0.1) is 0 Å². The quantitative estimate of drug-likeness (QED) is 0.574. The Kier molecular flexibility index (Phi) is 2.49. The molecule has 0 spiro atoms. The number of nitrogens with one attached hydrogen (secondary N) is 1. The molecule has 0 aromatic carbocycles. The second kappa shape index (κ2) is 3.18. The molecule has 2 nitrogen and oxygen atoms in total. The highest BCUT2D eigenvalue weighted by Gasteiger charge is 2.20. The first-order valence-electron chi connectivity index (χ1n) is 3.67. The molecule has 0 aromatic rings. The van der Waals surface area contributed by atoms with E-state index >= 15 is 0 Å². The van der Waals surface area contributed by atoms with E-state index in [0.717, 1.165) is 12.5 Å². The molecule has 0 saturated heterocycles. The number of aliphatic hydroxyl groups is 1. The molecule has 0 bridgehead atoms. The first-order chi connectivity index (χ1) is 4.33. The summed E-state index contributed by atoms with van der Waals surface area (Å²) >= 11 is 0. The highest BCUT2D eigenvalue weighted by atomic mass is 16.3. The number of rotatable bonds is 4. The zero-order chi connectivity index (χ0) is 6.69. The lowest BCUT2D eigenvalue weighted by molar-refractivity contribution is 0.251. The standard InChI is InChI=1S/C7H15NO/c1-6(5-9)8-4-7-2-3-7/h6-9H,2-5H2,1H3/t6-/m1/s1. The summed E-state index contributed by atoms with van der Waals surface area (Å²) in [6.45, 7) is 3.36. The van der Waals surface area contributed by atoms with Crippen LogP contribution in [0.3, 0.4) is 0 Å². The van der Waals surface area contributed by atoms with Gasteiger partial charge < -0.3 is 10.4 Å². The predicted molar refractivity (Wildman–Crippen MR) is 37.3 cm³/mol. The molecule has 1 atom stereocenters. The summed E-state index contributed by atoms with van der Waals surface area (Å²) in [6, 6.07) is 0.283. The minimum Gasteiger partial charge on any atom is -0.395 e. The maximum atomic E-state index is 8.61. The van der Waals surface area contributed by atoms with Crippen LogP contribution in [-0.4, -0.2) is 24.3 Å². The summed E-state index contributed by atoms with van der Waals surface area (Å²) in [7, 11) is 0. The fraction of sp³-hybridized carbons (Fsp3) is 1.00. The summed E-state index contributed by atoms with van der Waals surface area (Å²) in [5, 5.41) is 11.8. The van der Waals surface area contributed by atoms with E-state index < -0.39 is 0 Å². The maximum absolute atomic E-state index is 8.61. The third-order valence-corrected chi connectivity index (χ3v) is 1.73. The fourth-order valence-corrected chi connectivity index (χ4v) is 0.754. The van der Waals surface area contributed by atoms with E-state index in [2.05, 4.69) is 5.32 Å². The van der Waals surface area contributed by atoms with Gasteiger partial charge >= 0.3 is 0 Å². The van der Waals surface area contributed by atoms with Gasteiger partial charge in [0.15, 0.2) is 0 Å². The van der Waals surface area contributed by atoms with Gasteiger partial charge in [0.1, 0.15) is 0 Å². The summed E-state index contributed by atoms with van der Waals surface area (Å²) < 4.78 is 0. The lowest BCUT2D eigenvalue weighted by Gasteiger charge is -2.08. The molecule has 1 aliphatic carbocycles. The largest absolute Gasteiger partial charge is 0.395 e. The Hall–Kier alpha value is -0.0800. The van der Waals surface area contributed by atoms with Crippen molar-refractivity contribution in [2.75, 3.05) is 13.2 Å². The number of aliphatic hydroxyl groups excluding tert-OH is 1. The monoisotopic (exact) mass is 129 g/mol. The van der Waals surface area contributed by atoms with Crippen LogP contribution in [0.2, 0.25) is 0 Å². The van der Waals surface area contributed by atoms with Crippen molar-refractivity contribution in [1.29, 1.82) is 0 Å². The fourth-order valence-electron chi connectivity index (χ4n) is 0.754. The minimum atomic E-state index is 0.257. The minimum absolute atomic E-state index is 0.257. The molecule has 9 heavy (non-hydrogen) atoms. The van der Waals surface area contributed by atoms with Gasteiger partial charge in [-0.2, -0.15) is 0 Å².